The minimum atomic E-state index is -2.45. The van der Waals surface area contributed by atoms with Crippen LogP contribution in [0.2, 0.25) is 31.4 Å². The van der Waals surface area contributed by atoms with Crippen LogP contribution in [0.25, 0.3) is 0 Å². The van der Waals surface area contributed by atoms with E-state index in [1.807, 2.05) is 0 Å². The Morgan fingerprint density at radius 3 is 1.52 bits per heavy atom. The Morgan fingerprint density at radius 2 is 1.19 bits per heavy atom. The molecular weight excluding hydrogens is 451 g/mol. The standard InChI is InChI=1S/C12H25OSi.3C4H9.Sn/c1-12(2,3)14(4,5)13-11-9-7-6-8-10-11;3*1-3-4-2;/h6-10H2,1-5H3;3*1,3-4H2,2H3;. The normalized spacial score (nSPS) is 18.7. The van der Waals surface area contributed by atoms with Crippen LogP contribution in [0.1, 0.15) is 112 Å². The Hall–Kier alpha value is 0.976. The van der Waals surface area contributed by atoms with E-state index in [-0.39, 0.29) is 0 Å². The number of hydrogen-bond donors (Lipinski definition) is 0. The molecule has 0 radical (unpaired) electrons. The SMILES string of the molecule is CCC[CH2][Sn]([CH2]CCC)([CH2]CCC)[C]1(O[Si](C)(C)C(C)(C)C)CCCCC1. The van der Waals surface area contributed by atoms with E-state index in [0.717, 1.165) is 0 Å². The number of unbranched alkanes of at least 4 members (excludes halogenated alkanes) is 3. The molecule has 0 saturated heterocycles. The molecule has 1 aliphatic rings. The van der Waals surface area contributed by atoms with Gasteiger partial charge in [0.1, 0.15) is 0 Å². The van der Waals surface area contributed by atoms with E-state index in [0.29, 0.717) is 8.66 Å². The second-order valence-electron chi connectivity index (χ2n) is 11.0. The van der Waals surface area contributed by atoms with Crippen molar-refractivity contribution in [3.63, 3.8) is 0 Å². The Balaban J connectivity index is 3.38. The van der Waals surface area contributed by atoms with Crippen molar-refractivity contribution in [3.8, 4) is 0 Å². The van der Waals surface area contributed by atoms with Gasteiger partial charge < -0.3 is 0 Å². The van der Waals surface area contributed by atoms with Gasteiger partial charge in [-0.3, -0.25) is 0 Å². The summed E-state index contributed by atoms with van der Waals surface area (Å²) in [6, 6.07) is 0. The molecule has 27 heavy (non-hydrogen) atoms. The van der Waals surface area contributed by atoms with Gasteiger partial charge in [-0.05, 0) is 0 Å². The Labute approximate surface area is 177 Å². The van der Waals surface area contributed by atoms with Crippen LogP contribution in [0.3, 0.4) is 0 Å². The topological polar surface area (TPSA) is 9.23 Å². The van der Waals surface area contributed by atoms with Gasteiger partial charge in [-0.2, -0.15) is 0 Å². The van der Waals surface area contributed by atoms with Crippen LogP contribution in [0.5, 0.6) is 0 Å². The van der Waals surface area contributed by atoms with Crippen LogP contribution in [0.4, 0.5) is 0 Å². The molecule has 0 amide bonds. The Bertz CT molecular complexity index is 385. The molecule has 1 nitrogen and oxygen atoms in total. The van der Waals surface area contributed by atoms with Crippen molar-refractivity contribution in [1.29, 1.82) is 0 Å². The summed E-state index contributed by atoms with van der Waals surface area (Å²) in [6.07, 6.45) is 15.6. The van der Waals surface area contributed by atoms with Gasteiger partial charge in [0, 0.05) is 0 Å². The molecule has 0 aromatic carbocycles. The van der Waals surface area contributed by atoms with Crippen LogP contribution in [0, 0.1) is 0 Å². The van der Waals surface area contributed by atoms with E-state index in [2.05, 4.69) is 54.6 Å². The van der Waals surface area contributed by atoms with Crippen molar-refractivity contribution in [2.24, 2.45) is 0 Å². The van der Waals surface area contributed by atoms with Crippen LogP contribution in [-0.2, 0) is 4.43 Å². The van der Waals surface area contributed by atoms with Gasteiger partial charge in [-0.15, -0.1) is 0 Å². The fourth-order valence-corrected chi connectivity index (χ4v) is 29.8. The van der Waals surface area contributed by atoms with E-state index in [4.69, 9.17) is 4.43 Å². The average Bonchev–Trinajstić information content (AvgIpc) is 2.60. The first kappa shape index (κ1) is 26.0. The maximum atomic E-state index is 7.62. The second kappa shape index (κ2) is 11.4. The summed E-state index contributed by atoms with van der Waals surface area (Å²) in [7, 11) is -1.74. The molecule has 0 N–H and O–H groups in total. The summed E-state index contributed by atoms with van der Waals surface area (Å²) in [4.78, 5) is 0. The van der Waals surface area contributed by atoms with Crippen LogP contribution < -0.4 is 0 Å². The molecule has 3 heteroatoms. The van der Waals surface area contributed by atoms with E-state index in [9.17, 15) is 0 Å². The predicted octanol–water partition coefficient (Wildman–Crippen LogP) is 9.10. The zero-order valence-corrected chi connectivity index (χ0v) is 24.2. The summed E-state index contributed by atoms with van der Waals surface area (Å²) in [5.41, 5.74) is 0. The summed E-state index contributed by atoms with van der Waals surface area (Å²) in [6.45, 7) is 19.6. The van der Waals surface area contributed by atoms with Crippen molar-refractivity contribution >= 4 is 26.7 Å². The van der Waals surface area contributed by atoms with Crippen molar-refractivity contribution in [3.05, 3.63) is 0 Å². The van der Waals surface area contributed by atoms with E-state index in [1.54, 1.807) is 13.3 Å². The summed E-state index contributed by atoms with van der Waals surface area (Å²) >= 11 is -2.45. The molecule has 0 heterocycles. The third-order valence-electron chi connectivity index (χ3n) is 7.91. The van der Waals surface area contributed by atoms with Crippen LogP contribution in [0.15, 0.2) is 0 Å². The van der Waals surface area contributed by atoms with Gasteiger partial charge in [-0.25, -0.2) is 0 Å². The van der Waals surface area contributed by atoms with Gasteiger partial charge in [0.25, 0.3) is 0 Å². The van der Waals surface area contributed by atoms with Gasteiger partial charge in [0.05, 0.1) is 0 Å². The van der Waals surface area contributed by atoms with Crippen LogP contribution >= 0.6 is 0 Å². The molecule has 0 aromatic rings. The average molecular weight is 503 g/mol. The molecular formula is C24H52OSiSn. The van der Waals surface area contributed by atoms with Crippen molar-refractivity contribution in [1.82, 2.24) is 0 Å². The fraction of sp³-hybridized carbons (Fsp3) is 1.00. The molecule has 0 spiro atoms. The summed E-state index contributed by atoms with van der Waals surface area (Å²) in [5, 5.41) is 0.329. The summed E-state index contributed by atoms with van der Waals surface area (Å²) in [5.74, 6) is 0. The molecule has 0 aromatic heterocycles. The first-order valence-corrected chi connectivity index (χ1v) is 22.7. The third-order valence-corrected chi connectivity index (χ3v) is 31.5. The van der Waals surface area contributed by atoms with E-state index >= 15 is 0 Å². The molecule has 1 saturated carbocycles. The van der Waals surface area contributed by atoms with Crippen molar-refractivity contribution in [2.75, 3.05) is 0 Å². The zero-order chi connectivity index (χ0) is 20.6. The molecule has 0 atom stereocenters. The molecule has 0 bridgehead atoms. The van der Waals surface area contributed by atoms with E-state index in [1.165, 1.54) is 70.6 Å². The number of hydrogen-bond acceptors (Lipinski definition) is 1. The van der Waals surface area contributed by atoms with Gasteiger partial charge >= 0.3 is 178 Å². The first-order chi connectivity index (χ1) is 12.6. The molecule has 1 aliphatic carbocycles. The first-order valence-electron chi connectivity index (χ1n) is 12.3. The molecule has 0 unspecified atom stereocenters. The molecule has 1 fully saturated rings. The third kappa shape index (κ3) is 6.74. The van der Waals surface area contributed by atoms with Gasteiger partial charge in [-0.1, -0.05) is 0 Å². The molecule has 0 aliphatic heterocycles. The van der Waals surface area contributed by atoms with Gasteiger partial charge in [0.2, 0.25) is 0 Å². The Kier molecular flexibility index (Phi) is 11.0. The van der Waals surface area contributed by atoms with E-state index < -0.39 is 26.7 Å². The van der Waals surface area contributed by atoms with Crippen LogP contribution in [-0.4, -0.2) is 30.3 Å². The van der Waals surface area contributed by atoms with Crippen molar-refractivity contribution < 1.29 is 4.43 Å². The van der Waals surface area contributed by atoms with Gasteiger partial charge in [0.15, 0.2) is 0 Å². The monoisotopic (exact) mass is 504 g/mol. The fourth-order valence-electron chi connectivity index (χ4n) is 5.11. The maximum absolute atomic E-state index is 7.62. The summed E-state index contributed by atoms with van der Waals surface area (Å²) < 4.78 is 12.8. The Morgan fingerprint density at radius 1 is 0.778 bits per heavy atom. The predicted molar refractivity (Wildman–Crippen MR) is 129 cm³/mol. The molecule has 1 rings (SSSR count). The quantitative estimate of drug-likeness (QED) is 0.241. The minimum absolute atomic E-state index is 0.329. The zero-order valence-electron chi connectivity index (χ0n) is 20.3. The number of rotatable bonds is 12. The second-order valence-corrected chi connectivity index (χ2v) is 29.9. The molecule has 162 valence electrons. The van der Waals surface area contributed by atoms with Crippen molar-refractivity contribution in [2.45, 2.75) is 147 Å².